The molecular formula is C11H17N3O2. The highest BCUT2D eigenvalue weighted by Gasteiger charge is 2.15. The summed E-state index contributed by atoms with van der Waals surface area (Å²) in [5.41, 5.74) is 5.88. The first-order chi connectivity index (χ1) is 7.54. The maximum Gasteiger partial charge on any atom is 0.253 e. The third-order valence-corrected chi connectivity index (χ3v) is 2.36. The van der Waals surface area contributed by atoms with E-state index in [1.807, 2.05) is 13.8 Å². The Morgan fingerprint density at radius 1 is 1.56 bits per heavy atom. The van der Waals surface area contributed by atoms with E-state index in [2.05, 4.69) is 10.3 Å². The van der Waals surface area contributed by atoms with Gasteiger partial charge < -0.3 is 16.2 Å². The summed E-state index contributed by atoms with van der Waals surface area (Å²) in [7, 11) is 0. The molecule has 1 atom stereocenters. The predicted octanol–water partition coefficient (Wildman–Crippen LogP) is 0.500. The van der Waals surface area contributed by atoms with Gasteiger partial charge in [-0.3, -0.25) is 9.78 Å². The molecule has 0 bridgehead atoms. The molecular weight excluding hydrogens is 206 g/mol. The average molecular weight is 223 g/mol. The third-order valence-electron chi connectivity index (χ3n) is 2.36. The van der Waals surface area contributed by atoms with Crippen LogP contribution in [0.1, 0.15) is 24.2 Å². The number of nitrogens with two attached hydrogens (primary N) is 1. The Hall–Kier alpha value is -1.62. The molecule has 16 heavy (non-hydrogen) atoms. The molecule has 5 heteroatoms. The lowest BCUT2D eigenvalue weighted by atomic mass is 10.0. The Labute approximate surface area is 94.7 Å². The Kier molecular flexibility index (Phi) is 4.25. The van der Waals surface area contributed by atoms with E-state index in [4.69, 9.17) is 5.73 Å². The Morgan fingerprint density at radius 3 is 2.75 bits per heavy atom. The molecule has 4 N–H and O–H groups in total. The van der Waals surface area contributed by atoms with Gasteiger partial charge in [0.25, 0.3) is 5.91 Å². The van der Waals surface area contributed by atoms with Gasteiger partial charge in [-0.2, -0.15) is 0 Å². The lowest BCUT2D eigenvalue weighted by Crippen LogP contribution is -2.43. The monoisotopic (exact) mass is 223 g/mol. The fourth-order valence-electron chi connectivity index (χ4n) is 1.30. The molecule has 0 saturated heterocycles. The van der Waals surface area contributed by atoms with E-state index in [9.17, 15) is 9.90 Å². The molecule has 0 fully saturated rings. The summed E-state index contributed by atoms with van der Waals surface area (Å²) in [5, 5.41) is 12.0. The minimum Gasteiger partial charge on any atom is -0.506 e. The molecule has 0 radical (unpaired) electrons. The van der Waals surface area contributed by atoms with Crippen molar-refractivity contribution < 1.29 is 9.90 Å². The average Bonchev–Trinajstić information content (AvgIpc) is 2.25. The van der Waals surface area contributed by atoms with Crippen molar-refractivity contribution in [1.29, 1.82) is 0 Å². The third kappa shape index (κ3) is 3.20. The van der Waals surface area contributed by atoms with E-state index < -0.39 is 0 Å². The number of hydrogen-bond acceptors (Lipinski definition) is 4. The minimum absolute atomic E-state index is 0.0264. The normalized spacial score (nSPS) is 12.5. The van der Waals surface area contributed by atoms with Gasteiger partial charge in [0, 0.05) is 18.8 Å². The van der Waals surface area contributed by atoms with Crippen LogP contribution < -0.4 is 11.1 Å². The predicted molar refractivity (Wildman–Crippen MR) is 61.0 cm³/mol. The molecule has 88 valence electrons. The molecule has 1 unspecified atom stereocenters. The van der Waals surface area contributed by atoms with Crippen LogP contribution in [0.25, 0.3) is 0 Å². The highest BCUT2D eigenvalue weighted by Crippen LogP contribution is 2.09. The van der Waals surface area contributed by atoms with Gasteiger partial charge in [-0.1, -0.05) is 13.8 Å². The van der Waals surface area contributed by atoms with Gasteiger partial charge >= 0.3 is 0 Å². The summed E-state index contributed by atoms with van der Waals surface area (Å²) >= 11 is 0. The summed E-state index contributed by atoms with van der Waals surface area (Å²) < 4.78 is 0. The van der Waals surface area contributed by atoms with Crippen molar-refractivity contribution in [3.05, 3.63) is 24.0 Å². The van der Waals surface area contributed by atoms with Gasteiger partial charge in [-0.15, -0.1) is 0 Å². The maximum absolute atomic E-state index is 11.8. The smallest absolute Gasteiger partial charge is 0.253 e. The first-order valence-corrected chi connectivity index (χ1v) is 5.19. The summed E-state index contributed by atoms with van der Waals surface area (Å²) in [6.45, 7) is 4.35. The number of aromatic nitrogens is 1. The van der Waals surface area contributed by atoms with Gasteiger partial charge in [0.1, 0.15) is 5.75 Å². The number of aromatic hydroxyl groups is 1. The molecule has 5 nitrogen and oxygen atoms in total. The SMILES string of the molecule is CC(C)C(CN)NC(=O)c1cncc(O)c1. The summed E-state index contributed by atoms with van der Waals surface area (Å²) in [5.74, 6) is -0.0340. The molecule has 1 aromatic heterocycles. The van der Waals surface area contributed by atoms with Crippen LogP contribution in [0.5, 0.6) is 5.75 Å². The highest BCUT2D eigenvalue weighted by molar-refractivity contribution is 5.94. The quantitative estimate of drug-likeness (QED) is 0.693. The van der Waals surface area contributed by atoms with Crippen LogP contribution in [0.15, 0.2) is 18.5 Å². The van der Waals surface area contributed by atoms with Crippen LogP contribution >= 0.6 is 0 Å². The largest absolute Gasteiger partial charge is 0.506 e. The molecule has 1 heterocycles. The van der Waals surface area contributed by atoms with Crippen molar-refractivity contribution in [1.82, 2.24) is 10.3 Å². The van der Waals surface area contributed by atoms with Gasteiger partial charge in [0.15, 0.2) is 0 Å². The van der Waals surface area contributed by atoms with Crippen LogP contribution in [0.2, 0.25) is 0 Å². The maximum atomic E-state index is 11.8. The standard InChI is InChI=1S/C11H17N3O2/c1-7(2)10(4-12)14-11(16)8-3-9(15)6-13-5-8/h3,5-7,10,15H,4,12H2,1-2H3,(H,14,16). The first-order valence-electron chi connectivity index (χ1n) is 5.19. The van der Waals surface area contributed by atoms with Crippen LogP contribution in [0.3, 0.4) is 0 Å². The number of pyridine rings is 1. The van der Waals surface area contributed by atoms with Crippen LogP contribution in [-0.4, -0.2) is 28.6 Å². The van der Waals surface area contributed by atoms with Crippen LogP contribution in [0, 0.1) is 5.92 Å². The molecule has 0 spiro atoms. The van der Waals surface area contributed by atoms with E-state index in [1.165, 1.54) is 18.5 Å². The van der Waals surface area contributed by atoms with E-state index >= 15 is 0 Å². The van der Waals surface area contributed by atoms with Crippen molar-refractivity contribution in [2.45, 2.75) is 19.9 Å². The second-order valence-electron chi connectivity index (χ2n) is 3.99. The number of rotatable bonds is 4. The molecule has 1 rings (SSSR count). The van der Waals surface area contributed by atoms with E-state index in [1.54, 1.807) is 0 Å². The second-order valence-corrected chi connectivity index (χ2v) is 3.99. The lowest BCUT2D eigenvalue weighted by molar-refractivity contribution is 0.0927. The van der Waals surface area contributed by atoms with Crippen molar-refractivity contribution in [3.63, 3.8) is 0 Å². The van der Waals surface area contributed by atoms with E-state index in [0.717, 1.165) is 0 Å². The van der Waals surface area contributed by atoms with Gasteiger partial charge in [0.2, 0.25) is 0 Å². The summed E-state index contributed by atoms with van der Waals surface area (Å²) in [6.07, 6.45) is 2.68. The Bertz CT molecular complexity index is 366. The molecule has 0 aliphatic heterocycles. The van der Waals surface area contributed by atoms with Crippen LogP contribution in [0.4, 0.5) is 0 Å². The van der Waals surface area contributed by atoms with Gasteiger partial charge in [-0.25, -0.2) is 0 Å². The van der Waals surface area contributed by atoms with Crippen molar-refractivity contribution in [2.75, 3.05) is 6.54 Å². The number of amides is 1. The summed E-state index contributed by atoms with van der Waals surface area (Å²) in [4.78, 5) is 15.5. The topological polar surface area (TPSA) is 88.2 Å². The van der Waals surface area contributed by atoms with Crippen molar-refractivity contribution >= 4 is 5.91 Å². The zero-order valence-electron chi connectivity index (χ0n) is 9.47. The molecule has 0 aliphatic rings. The minimum atomic E-state index is -0.271. The number of hydrogen-bond donors (Lipinski definition) is 3. The van der Waals surface area contributed by atoms with E-state index in [-0.39, 0.29) is 23.6 Å². The van der Waals surface area contributed by atoms with Crippen LogP contribution in [-0.2, 0) is 0 Å². The Balaban J connectivity index is 2.72. The molecule has 0 aromatic carbocycles. The fraction of sp³-hybridized carbons (Fsp3) is 0.455. The molecule has 0 aliphatic carbocycles. The zero-order valence-corrected chi connectivity index (χ0v) is 9.47. The van der Waals surface area contributed by atoms with Gasteiger partial charge in [-0.05, 0) is 12.0 Å². The molecule has 1 amide bonds. The van der Waals surface area contributed by atoms with E-state index in [0.29, 0.717) is 12.1 Å². The first kappa shape index (κ1) is 12.4. The zero-order chi connectivity index (χ0) is 12.1. The van der Waals surface area contributed by atoms with Gasteiger partial charge in [0.05, 0.1) is 11.8 Å². The molecule has 0 saturated carbocycles. The number of nitrogens with one attached hydrogen (secondary N) is 1. The number of carbonyl (C=O) groups is 1. The fourth-order valence-corrected chi connectivity index (χ4v) is 1.30. The highest BCUT2D eigenvalue weighted by atomic mass is 16.3. The number of nitrogens with zero attached hydrogens (tertiary/aromatic N) is 1. The lowest BCUT2D eigenvalue weighted by Gasteiger charge is -2.20. The molecule has 1 aromatic rings. The number of carbonyl (C=O) groups excluding carboxylic acids is 1. The van der Waals surface area contributed by atoms with Crippen molar-refractivity contribution in [3.8, 4) is 5.75 Å². The second kappa shape index (κ2) is 5.46. The van der Waals surface area contributed by atoms with Crippen molar-refractivity contribution in [2.24, 2.45) is 11.7 Å². The Morgan fingerprint density at radius 2 is 2.25 bits per heavy atom. The summed E-state index contributed by atoms with van der Waals surface area (Å²) in [6, 6.07) is 1.30.